The SMILES string of the molecule is CCC(C)C1NC(=O)CNC(=O)C2Cc3c([nH]c4ccccc34)[S@@](=O)CC(NC(=O)CNC1=O)C(=O)NC(CC(N)=O)C(=O)N1C[C@H](O)CC1C(=O)NC([C@H](C)[C@H](O)CO)C(=O)N2. The second kappa shape index (κ2) is 20.9. The van der Waals surface area contributed by atoms with Crippen molar-refractivity contribution in [2.24, 2.45) is 17.6 Å². The second-order valence-corrected chi connectivity index (χ2v) is 17.4. The maximum absolute atomic E-state index is 14.5. The highest BCUT2D eigenvalue weighted by atomic mass is 32.2. The van der Waals surface area contributed by atoms with Crippen molar-refractivity contribution in [1.82, 2.24) is 47.1 Å². The molecule has 23 nitrogen and oxygen atoms in total. The van der Waals surface area contributed by atoms with Gasteiger partial charge in [0, 0.05) is 36.2 Å². The van der Waals surface area contributed by atoms with Gasteiger partial charge in [0.2, 0.25) is 53.2 Å². The first kappa shape index (κ1) is 48.1. The molecule has 0 spiro atoms. The molecule has 0 aliphatic carbocycles. The zero-order valence-corrected chi connectivity index (χ0v) is 35.6. The van der Waals surface area contributed by atoms with Gasteiger partial charge in [0.1, 0.15) is 41.3 Å². The molecule has 1 aromatic heterocycles. The Hall–Kier alpha value is -5.98. The molecule has 2 aromatic rings. The molecule has 4 heterocycles. The molecule has 1 saturated heterocycles. The van der Waals surface area contributed by atoms with E-state index in [1.54, 1.807) is 38.1 Å². The molecular formula is C39H54N10O13S. The number of nitrogens with zero attached hydrogens (tertiary/aromatic N) is 1. The number of carbonyl (C=O) groups is 9. The Labute approximate surface area is 363 Å². The largest absolute Gasteiger partial charge is 0.394 e. The van der Waals surface area contributed by atoms with Crippen LogP contribution in [0.4, 0.5) is 0 Å². The molecule has 7 unspecified atom stereocenters. The summed E-state index contributed by atoms with van der Waals surface area (Å²) in [6.45, 7) is 1.90. The number of aliphatic hydroxyl groups is 3. The Morgan fingerprint density at radius 2 is 1.52 bits per heavy atom. The number of aliphatic hydroxyl groups excluding tert-OH is 3. The molecule has 63 heavy (non-hydrogen) atoms. The third kappa shape index (κ3) is 11.5. The van der Waals surface area contributed by atoms with Gasteiger partial charge in [0.05, 0.1) is 54.9 Å². The fourth-order valence-corrected chi connectivity index (χ4v) is 9.05. The van der Waals surface area contributed by atoms with E-state index in [2.05, 4.69) is 42.2 Å². The molecule has 1 aromatic carbocycles. The molecule has 24 heteroatoms. The number of rotatable bonds is 7. The van der Waals surface area contributed by atoms with E-state index in [1.807, 2.05) is 0 Å². The van der Waals surface area contributed by atoms with Gasteiger partial charge in [-0.2, -0.15) is 0 Å². The predicted molar refractivity (Wildman–Crippen MR) is 221 cm³/mol. The number of H-pyrrole nitrogens is 1. The van der Waals surface area contributed by atoms with E-state index in [1.165, 1.54) is 6.92 Å². The Morgan fingerprint density at radius 1 is 0.857 bits per heavy atom. The van der Waals surface area contributed by atoms with Gasteiger partial charge in [0.25, 0.3) is 0 Å². The van der Waals surface area contributed by atoms with Crippen LogP contribution in [0, 0.1) is 11.8 Å². The summed E-state index contributed by atoms with van der Waals surface area (Å²) < 4.78 is 14.5. The summed E-state index contributed by atoms with van der Waals surface area (Å²) in [5, 5.41) is 48.9. The molecule has 9 amide bonds. The predicted octanol–water partition coefficient (Wildman–Crippen LogP) is -5.63. The minimum absolute atomic E-state index is 0.0625. The van der Waals surface area contributed by atoms with E-state index in [-0.39, 0.29) is 10.6 Å². The Kier molecular flexibility index (Phi) is 16.0. The molecule has 5 rings (SSSR count). The van der Waals surface area contributed by atoms with Crippen molar-refractivity contribution in [1.29, 1.82) is 0 Å². The van der Waals surface area contributed by atoms with Crippen LogP contribution >= 0.6 is 0 Å². The van der Waals surface area contributed by atoms with Crippen LogP contribution in [0.1, 0.15) is 45.6 Å². The molecule has 0 saturated carbocycles. The molecule has 3 aliphatic heterocycles. The number of benzene rings is 1. The van der Waals surface area contributed by atoms with Crippen LogP contribution in [0.5, 0.6) is 0 Å². The highest BCUT2D eigenvalue weighted by Crippen LogP contribution is 2.28. The van der Waals surface area contributed by atoms with Crippen LogP contribution in [0.2, 0.25) is 0 Å². The quantitative estimate of drug-likeness (QED) is 0.124. The van der Waals surface area contributed by atoms with Crippen molar-refractivity contribution in [3.8, 4) is 0 Å². The van der Waals surface area contributed by atoms with Crippen LogP contribution in [-0.2, 0) is 60.4 Å². The summed E-state index contributed by atoms with van der Waals surface area (Å²) in [5.74, 6) is -11.4. The van der Waals surface area contributed by atoms with E-state index < -0.39 is 176 Å². The first-order valence-corrected chi connectivity index (χ1v) is 21.7. The fraction of sp³-hybridized carbons (Fsp3) is 0.564. The maximum Gasteiger partial charge on any atom is 0.246 e. The average molecular weight is 903 g/mol. The van der Waals surface area contributed by atoms with E-state index >= 15 is 0 Å². The van der Waals surface area contributed by atoms with Gasteiger partial charge < -0.3 is 68.2 Å². The summed E-state index contributed by atoms with van der Waals surface area (Å²) in [4.78, 5) is 127. The Balaban J connectivity index is 1.72. The number of amides is 9. The highest BCUT2D eigenvalue weighted by molar-refractivity contribution is 7.85. The molecular weight excluding hydrogens is 849 g/mol. The molecule has 2 bridgehead atoms. The summed E-state index contributed by atoms with van der Waals surface area (Å²) in [7, 11) is -2.29. The van der Waals surface area contributed by atoms with Crippen molar-refractivity contribution in [3.63, 3.8) is 0 Å². The third-order valence-corrected chi connectivity index (χ3v) is 12.9. The number of para-hydroxylation sites is 1. The van der Waals surface area contributed by atoms with Crippen LogP contribution in [0.25, 0.3) is 10.9 Å². The van der Waals surface area contributed by atoms with Gasteiger partial charge in [-0.05, 0) is 17.5 Å². The first-order valence-electron chi connectivity index (χ1n) is 20.4. The zero-order valence-electron chi connectivity index (χ0n) is 34.8. The smallest absolute Gasteiger partial charge is 0.246 e. The third-order valence-electron chi connectivity index (χ3n) is 11.5. The maximum atomic E-state index is 14.5. The number of aromatic nitrogens is 1. The lowest BCUT2D eigenvalue weighted by Crippen LogP contribution is -2.62. The van der Waals surface area contributed by atoms with Gasteiger partial charge in [-0.1, -0.05) is 45.4 Å². The van der Waals surface area contributed by atoms with E-state index in [0.717, 1.165) is 4.90 Å². The van der Waals surface area contributed by atoms with Gasteiger partial charge in [-0.25, -0.2) is 0 Å². The van der Waals surface area contributed by atoms with Gasteiger partial charge in [-0.3, -0.25) is 47.4 Å². The number of hydrogen-bond donors (Lipinski definition) is 12. The zero-order chi connectivity index (χ0) is 46.3. The van der Waals surface area contributed by atoms with E-state index in [4.69, 9.17) is 5.73 Å². The van der Waals surface area contributed by atoms with Gasteiger partial charge in [-0.15, -0.1) is 0 Å². The van der Waals surface area contributed by atoms with Crippen molar-refractivity contribution >= 4 is 74.9 Å². The molecule has 11 atom stereocenters. The summed E-state index contributed by atoms with van der Waals surface area (Å²) >= 11 is 0. The Morgan fingerprint density at radius 3 is 2.19 bits per heavy atom. The lowest BCUT2D eigenvalue weighted by atomic mass is 9.93. The fourth-order valence-electron chi connectivity index (χ4n) is 7.66. The average Bonchev–Trinajstić information content (AvgIpc) is 3.83. The molecule has 0 radical (unpaired) electrons. The molecule has 1 fully saturated rings. The first-order chi connectivity index (χ1) is 29.8. The van der Waals surface area contributed by atoms with Crippen molar-refractivity contribution in [2.75, 3.05) is 32.0 Å². The van der Waals surface area contributed by atoms with Crippen molar-refractivity contribution in [2.45, 2.75) is 99.9 Å². The minimum atomic E-state index is -2.29. The van der Waals surface area contributed by atoms with Crippen molar-refractivity contribution in [3.05, 3.63) is 29.8 Å². The van der Waals surface area contributed by atoms with Crippen LogP contribution in [-0.4, -0.2) is 163 Å². The van der Waals surface area contributed by atoms with Crippen LogP contribution in [0.3, 0.4) is 0 Å². The number of aromatic amines is 1. The van der Waals surface area contributed by atoms with E-state index in [9.17, 15) is 62.7 Å². The van der Waals surface area contributed by atoms with Crippen molar-refractivity contribution < 1.29 is 62.7 Å². The summed E-state index contributed by atoms with van der Waals surface area (Å²) in [6.07, 6.45) is -4.24. The number of hydrogen-bond acceptors (Lipinski definition) is 13. The number of nitrogens with two attached hydrogens (primary N) is 1. The highest BCUT2D eigenvalue weighted by Gasteiger charge is 2.45. The normalized spacial score (nSPS) is 28.8. The standard InChI is InChI=1S/C39H54N10O13S/c1-4-17(2)31-36(59)42-12-29(54)43-25-16-63(62)38-21(20-7-5-6-8-22(20)46-38)10-23(33(56)41-13-30(55)47-31)44-37(60)32(18(3)27(52)15-50)48-35(58)26-9-19(51)14-49(26)39(61)24(11-28(40)53)45-34(25)57/h5-8,17-19,23-27,31-32,46,50-52H,4,9-16H2,1-3H3,(H2,40,53)(H,41,56)(H,42,59)(H,43,54)(H,44,60)(H,45,57)(H,47,55)(H,48,58)/t17?,18-,19-,23?,24?,25?,26?,27-,31?,32?,63+/m1/s1. The minimum Gasteiger partial charge on any atom is -0.394 e. The van der Waals surface area contributed by atoms with Gasteiger partial charge >= 0.3 is 0 Å². The summed E-state index contributed by atoms with van der Waals surface area (Å²) in [5.41, 5.74) is 6.08. The monoisotopic (exact) mass is 902 g/mol. The van der Waals surface area contributed by atoms with Crippen LogP contribution in [0.15, 0.2) is 29.3 Å². The molecule has 344 valence electrons. The number of primary amides is 1. The second-order valence-electron chi connectivity index (χ2n) is 16.0. The Bertz CT molecular complexity index is 2150. The molecule has 3 aliphatic rings. The number of nitrogens with one attached hydrogen (secondary N) is 8. The topological polar surface area (TPSA) is 361 Å². The van der Waals surface area contributed by atoms with Crippen LogP contribution < -0.4 is 43.0 Å². The number of fused-ring (bicyclic) bond motifs is 5. The lowest BCUT2D eigenvalue weighted by molar-refractivity contribution is -0.144. The number of carbonyl (C=O) groups excluding carboxylic acids is 9. The van der Waals surface area contributed by atoms with Gasteiger partial charge in [0.15, 0.2) is 0 Å². The lowest BCUT2D eigenvalue weighted by Gasteiger charge is -2.32. The molecule has 13 N–H and O–H groups in total. The van der Waals surface area contributed by atoms with E-state index in [0.29, 0.717) is 17.3 Å². The summed E-state index contributed by atoms with van der Waals surface area (Å²) in [6, 6.07) is -3.18.